The minimum Gasteiger partial charge on any atom is -0.337 e. The van der Waals surface area contributed by atoms with Crippen LogP contribution in [0.5, 0.6) is 0 Å². The quantitative estimate of drug-likeness (QED) is 0.855. The normalized spacial score (nSPS) is 21.4. The predicted molar refractivity (Wildman–Crippen MR) is 89.0 cm³/mol. The van der Waals surface area contributed by atoms with Gasteiger partial charge in [-0.05, 0) is 45.1 Å². The second-order valence-corrected chi connectivity index (χ2v) is 6.69. The summed E-state index contributed by atoms with van der Waals surface area (Å²) in [6, 6.07) is 6.58. The van der Waals surface area contributed by atoms with E-state index in [0.29, 0.717) is 28.4 Å². The van der Waals surface area contributed by atoms with E-state index in [4.69, 9.17) is 0 Å². The molecule has 1 aliphatic rings. The number of benzene rings is 1. The van der Waals surface area contributed by atoms with E-state index in [-0.39, 0.29) is 11.7 Å². The summed E-state index contributed by atoms with van der Waals surface area (Å²) < 4.78 is 13.5. The van der Waals surface area contributed by atoms with Gasteiger partial charge in [-0.3, -0.25) is 9.78 Å². The van der Waals surface area contributed by atoms with Crippen LogP contribution in [0.4, 0.5) is 4.39 Å². The van der Waals surface area contributed by atoms with Crippen molar-refractivity contribution in [3.8, 4) is 0 Å². The number of hydrogen-bond donors (Lipinski definition) is 0. The highest BCUT2D eigenvalue weighted by molar-refractivity contribution is 6.06. The Hall–Kier alpha value is -2.01. The number of halogens is 1. The van der Waals surface area contributed by atoms with E-state index < -0.39 is 0 Å². The number of hydrogen-bond acceptors (Lipinski definition) is 3. The highest BCUT2D eigenvalue weighted by Crippen LogP contribution is 2.25. The van der Waals surface area contributed by atoms with Crippen LogP contribution < -0.4 is 0 Å². The van der Waals surface area contributed by atoms with Gasteiger partial charge in [-0.2, -0.15) is 0 Å². The standard InChI is InChI=1S/C18H22FN3O/c1-11-9-22(10-17(11)21(3)4)18(23)15-7-12(2)20-16-8-13(19)5-6-14(15)16/h5-8,11,17H,9-10H2,1-4H3/t11-,17-/m1/s1. The number of likely N-dealkylation sites (N-methyl/N-ethyl adjacent to an activating group) is 1. The maximum Gasteiger partial charge on any atom is 0.254 e. The molecule has 0 unspecified atom stereocenters. The molecule has 1 fully saturated rings. The Labute approximate surface area is 135 Å². The van der Waals surface area contributed by atoms with Gasteiger partial charge in [0.25, 0.3) is 5.91 Å². The molecule has 0 spiro atoms. The molecule has 2 heterocycles. The van der Waals surface area contributed by atoms with Crippen LogP contribution in [0.3, 0.4) is 0 Å². The molecule has 0 radical (unpaired) electrons. The lowest BCUT2D eigenvalue weighted by atomic mass is 10.1. The number of rotatable bonds is 2. The SMILES string of the molecule is Cc1cc(C(=O)N2C[C@@H](C)[C@H](N(C)C)C2)c2ccc(F)cc2n1. The Bertz CT molecular complexity index is 754. The van der Waals surface area contributed by atoms with Crippen LogP contribution in [0.2, 0.25) is 0 Å². The van der Waals surface area contributed by atoms with E-state index in [0.717, 1.165) is 18.8 Å². The van der Waals surface area contributed by atoms with Gasteiger partial charge in [0.15, 0.2) is 0 Å². The number of amides is 1. The van der Waals surface area contributed by atoms with E-state index in [2.05, 4.69) is 16.8 Å². The third-order valence-corrected chi connectivity index (χ3v) is 4.65. The molecular formula is C18H22FN3O. The Balaban J connectivity index is 1.99. The molecule has 2 atom stereocenters. The van der Waals surface area contributed by atoms with Crippen LogP contribution in [0.25, 0.3) is 10.9 Å². The third kappa shape index (κ3) is 2.93. The largest absolute Gasteiger partial charge is 0.337 e. The first-order valence-electron chi connectivity index (χ1n) is 7.89. The zero-order valence-corrected chi connectivity index (χ0v) is 14.0. The van der Waals surface area contributed by atoms with Gasteiger partial charge >= 0.3 is 0 Å². The number of aryl methyl sites for hydroxylation is 1. The van der Waals surface area contributed by atoms with Gasteiger partial charge in [0.1, 0.15) is 5.82 Å². The van der Waals surface area contributed by atoms with Crippen LogP contribution in [0.1, 0.15) is 23.0 Å². The summed E-state index contributed by atoms with van der Waals surface area (Å²) in [5, 5.41) is 0.711. The molecule has 0 aliphatic carbocycles. The van der Waals surface area contributed by atoms with Crippen LogP contribution in [0.15, 0.2) is 24.3 Å². The van der Waals surface area contributed by atoms with Crippen LogP contribution in [-0.2, 0) is 0 Å². The lowest BCUT2D eigenvalue weighted by Gasteiger charge is -2.22. The number of likely N-dealkylation sites (tertiary alicyclic amines) is 1. The summed E-state index contributed by atoms with van der Waals surface area (Å²) >= 11 is 0. The molecule has 4 nitrogen and oxygen atoms in total. The smallest absolute Gasteiger partial charge is 0.254 e. The fourth-order valence-electron chi connectivity index (χ4n) is 3.47. The van der Waals surface area contributed by atoms with Crippen molar-refractivity contribution in [1.82, 2.24) is 14.8 Å². The Morgan fingerprint density at radius 1 is 1.30 bits per heavy atom. The molecule has 2 aromatic rings. The van der Waals surface area contributed by atoms with Gasteiger partial charge in [0.05, 0.1) is 11.1 Å². The molecule has 3 rings (SSSR count). The summed E-state index contributed by atoms with van der Waals surface area (Å²) in [5.41, 5.74) is 1.87. The molecule has 0 N–H and O–H groups in total. The van der Waals surface area contributed by atoms with Gasteiger partial charge in [0, 0.05) is 36.3 Å². The highest BCUT2D eigenvalue weighted by Gasteiger charge is 2.34. The lowest BCUT2D eigenvalue weighted by Crippen LogP contribution is -2.35. The van der Waals surface area contributed by atoms with E-state index in [1.165, 1.54) is 12.1 Å². The number of carbonyl (C=O) groups excluding carboxylic acids is 1. The first-order chi connectivity index (χ1) is 10.9. The lowest BCUT2D eigenvalue weighted by molar-refractivity contribution is 0.0783. The average Bonchev–Trinajstić information content (AvgIpc) is 2.87. The van der Waals surface area contributed by atoms with Crippen molar-refractivity contribution in [2.45, 2.75) is 19.9 Å². The van der Waals surface area contributed by atoms with Crippen molar-refractivity contribution in [3.05, 3.63) is 41.3 Å². The number of fused-ring (bicyclic) bond motifs is 1. The molecule has 1 aromatic heterocycles. The second-order valence-electron chi connectivity index (χ2n) is 6.69. The Morgan fingerprint density at radius 3 is 2.70 bits per heavy atom. The van der Waals surface area contributed by atoms with Gasteiger partial charge in [-0.15, -0.1) is 0 Å². The molecule has 23 heavy (non-hydrogen) atoms. The fraction of sp³-hybridized carbons (Fsp3) is 0.444. The maximum atomic E-state index is 13.5. The van der Waals surface area contributed by atoms with E-state index >= 15 is 0 Å². The van der Waals surface area contributed by atoms with Crippen LogP contribution in [-0.4, -0.2) is 53.9 Å². The maximum absolute atomic E-state index is 13.5. The minimum absolute atomic E-state index is 0.00306. The monoisotopic (exact) mass is 315 g/mol. The average molecular weight is 315 g/mol. The molecule has 5 heteroatoms. The topological polar surface area (TPSA) is 36.4 Å². The number of pyridine rings is 1. The molecule has 1 aromatic carbocycles. The molecule has 1 amide bonds. The van der Waals surface area contributed by atoms with Crippen molar-refractivity contribution in [2.75, 3.05) is 27.2 Å². The van der Waals surface area contributed by atoms with Gasteiger partial charge in [-0.1, -0.05) is 6.92 Å². The predicted octanol–water partition coefficient (Wildman–Crippen LogP) is 2.70. The van der Waals surface area contributed by atoms with Crippen molar-refractivity contribution < 1.29 is 9.18 Å². The van der Waals surface area contributed by atoms with Crippen LogP contribution in [0, 0.1) is 18.7 Å². The summed E-state index contributed by atoms with van der Waals surface area (Å²) in [6.45, 7) is 5.46. The van der Waals surface area contributed by atoms with Crippen molar-refractivity contribution in [1.29, 1.82) is 0 Å². The van der Waals surface area contributed by atoms with Crippen molar-refractivity contribution in [3.63, 3.8) is 0 Å². The van der Waals surface area contributed by atoms with Crippen molar-refractivity contribution in [2.24, 2.45) is 5.92 Å². The molecule has 0 saturated carbocycles. The summed E-state index contributed by atoms with van der Waals surface area (Å²) in [5.74, 6) is 0.0976. The zero-order chi connectivity index (χ0) is 16.7. The number of carbonyl (C=O) groups is 1. The molecule has 0 bridgehead atoms. The summed E-state index contributed by atoms with van der Waals surface area (Å²) in [6.07, 6.45) is 0. The second kappa shape index (κ2) is 5.89. The fourth-order valence-corrected chi connectivity index (χ4v) is 3.47. The number of aromatic nitrogens is 1. The minimum atomic E-state index is -0.337. The van der Waals surface area contributed by atoms with E-state index in [1.807, 2.05) is 25.9 Å². The summed E-state index contributed by atoms with van der Waals surface area (Å²) in [4.78, 5) is 21.4. The first-order valence-corrected chi connectivity index (χ1v) is 7.89. The zero-order valence-electron chi connectivity index (χ0n) is 14.0. The Kier molecular flexibility index (Phi) is 4.06. The molecule has 1 aliphatic heterocycles. The van der Waals surface area contributed by atoms with Gasteiger partial charge in [0.2, 0.25) is 0 Å². The Morgan fingerprint density at radius 2 is 2.04 bits per heavy atom. The molecule has 122 valence electrons. The van der Waals surface area contributed by atoms with Crippen LogP contribution >= 0.6 is 0 Å². The summed E-state index contributed by atoms with van der Waals surface area (Å²) in [7, 11) is 4.09. The molecule has 1 saturated heterocycles. The molecular weight excluding hydrogens is 293 g/mol. The highest BCUT2D eigenvalue weighted by atomic mass is 19.1. The first kappa shape index (κ1) is 15.9. The third-order valence-electron chi connectivity index (χ3n) is 4.65. The number of nitrogens with zero attached hydrogens (tertiary/aromatic N) is 3. The van der Waals surface area contributed by atoms with Gasteiger partial charge in [-0.25, -0.2) is 4.39 Å². The van der Waals surface area contributed by atoms with E-state index in [1.54, 1.807) is 12.1 Å². The van der Waals surface area contributed by atoms with Crippen molar-refractivity contribution >= 4 is 16.8 Å². The van der Waals surface area contributed by atoms with E-state index in [9.17, 15) is 9.18 Å². The van der Waals surface area contributed by atoms with Gasteiger partial charge < -0.3 is 9.80 Å².